The van der Waals surface area contributed by atoms with Crippen molar-refractivity contribution in [2.24, 2.45) is 0 Å². The number of anilines is 3. The molecule has 2 aromatic carbocycles. The van der Waals surface area contributed by atoms with Crippen LogP contribution in [0.3, 0.4) is 0 Å². The minimum absolute atomic E-state index is 0.149. The highest BCUT2D eigenvalue weighted by molar-refractivity contribution is 6.00. The lowest BCUT2D eigenvalue weighted by Gasteiger charge is -2.27. The van der Waals surface area contributed by atoms with Crippen LogP contribution >= 0.6 is 0 Å². The summed E-state index contributed by atoms with van der Waals surface area (Å²) in [7, 11) is 3.90. The van der Waals surface area contributed by atoms with Crippen LogP contribution in [0.1, 0.15) is 35.9 Å². The fourth-order valence-electron chi connectivity index (χ4n) is 3.87. The predicted molar refractivity (Wildman–Crippen MR) is 152 cm³/mol. The van der Waals surface area contributed by atoms with Crippen molar-refractivity contribution in [3.8, 4) is 11.4 Å². The minimum Gasteiger partial charge on any atom is -0.378 e. The zero-order chi connectivity index (χ0) is 27.8. The van der Waals surface area contributed by atoms with Crippen LogP contribution in [0.25, 0.3) is 11.4 Å². The molecular formula is C28H36N8O3. The topological polar surface area (TPSA) is 125 Å². The number of morpholine rings is 1. The number of carbonyl (C=O) groups excluding carboxylic acids is 2. The molecule has 1 aliphatic rings. The fraction of sp³-hybridized carbons (Fsp3) is 0.393. The van der Waals surface area contributed by atoms with Crippen LogP contribution in [0.5, 0.6) is 0 Å². The summed E-state index contributed by atoms with van der Waals surface area (Å²) in [4.78, 5) is 43.0. The van der Waals surface area contributed by atoms with Crippen molar-refractivity contribution in [2.75, 3.05) is 69.0 Å². The average molecular weight is 533 g/mol. The molecule has 11 nitrogen and oxygen atoms in total. The van der Waals surface area contributed by atoms with Crippen LogP contribution in [-0.4, -0.2) is 85.3 Å². The molecule has 206 valence electrons. The monoisotopic (exact) mass is 532 g/mol. The van der Waals surface area contributed by atoms with E-state index in [9.17, 15) is 9.59 Å². The van der Waals surface area contributed by atoms with E-state index in [1.807, 2.05) is 43.3 Å². The maximum Gasteiger partial charge on any atom is 0.323 e. The Balaban J connectivity index is 1.37. The number of nitrogens with zero attached hydrogens (tertiary/aromatic N) is 5. The molecule has 1 aromatic heterocycles. The first-order valence-electron chi connectivity index (χ1n) is 13.1. The molecule has 1 fully saturated rings. The van der Waals surface area contributed by atoms with E-state index in [2.05, 4.69) is 44.7 Å². The lowest BCUT2D eigenvalue weighted by atomic mass is 10.1. The number of rotatable bonds is 9. The molecule has 0 bridgehead atoms. The number of amides is 3. The highest BCUT2D eigenvalue weighted by Crippen LogP contribution is 2.23. The molecule has 1 saturated heterocycles. The Morgan fingerprint density at radius 3 is 2.13 bits per heavy atom. The molecule has 0 saturated carbocycles. The Morgan fingerprint density at radius 2 is 1.54 bits per heavy atom. The van der Waals surface area contributed by atoms with Gasteiger partial charge in [-0.25, -0.2) is 9.78 Å². The van der Waals surface area contributed by atoms with Gasteiger partial charge in [0.15, 0.2) is 5.82 Å². The first kappa shape index (κ1) is 27.9. The number of aromatic nitrogens is 3. The lowest BCUT2D eigenvalue weighted by molar-refractivity contribution is 0.0951. The van der Waals surface area contributed by atoms with Crippen LogP contribution < -0.4 is 20.9 Å². The van der Waals surface area contributed by atoms with Crippen molar-refractivity contribution >= 4 is 29.3 Å². The summed E-state index contributed by atoms with van der Waals surface area (Å²) in [6, 6.07) is 13.7. The summed E-state index contributed by atoms with van der Waals surface area (Å²) >= 11 is 0. The van der Waals surface area contributed by atoms with Crippen molar-refractivity contribution in [3.63, 3.8) is 0 Å². The second kappa shape index (κ2) is 13.1. The summed E-state index contributed by atoms with van der Waals surface area (Å²) < 4.78 is 5.46. The van der Waals surface area contributed by atoms with Gasteiger partial charge in [0, 0.05) is 54.6 Å². The molecule has 3 N–H and O–H groups in total. The SMILES string of the molecule is CC(C)c1nc(-c2ccc(NC(=O)Nc3ccc(C(=O)NCCN(C)C)cc3)cc2)nc(N2CCOCC2)n1. The molecule has 0 unspecified atom stereocenters. The molecule has 2 heterocycles. The van der Waals surface area contributed by atoms with Gasteiger partial charge in [0.05, 0.1) is 13.2 Å². The molecule has 0 atom stereocenters. The number of hydrogen-bond donors (Lipinski definition) is 3. The van der Waals surface area contributed by atoms with Crippen molar-refractivity contribution in [1.82, 2.24) is 25.2 Å². The van der Waals surface area contributed by atoms with E-state index in [0.29, 0.717) is 48.5 Å². The highest BCUT2D eigenvalue weighted by Gasteiger charge is 2.18. The maximum absolute atomic E-state index is 12.5. The van der Waals surface area contributed by atoms with Gasteiger partial charge in [0.1, 0.15) is 5.82 Å². The molecule has 11 heteroatoms. The molecule has 0 aliphatic carbocycles. The van der Waals surface area contributed by atoms with Crippen molar-refractivity contribution in [2.45, 2.75) is 19.8 Å². The van der Waals surface area contributed by atoms with Crippen LogP contribution in [0.2, 0.25) is 0 Å². The first-order valence-corrected chi connectivity index (χ1v) is 13.1. The standard InChI is InChI=1S/C28H36N8O3/c1-19(2)24-32-25(34-27(33-24)36-15-17-39-18-16-36)20-5-9-22(10-6-20)30-28(38)31-23-11-7-21(8-12-23)26(37)29-13-14-35(3)4/h5-12,19H,13-18H2,1-4H3,(H,29,37)(H2,30,31,38). The summed E-state index contributed by atoms with van der Waals surface area (Å²) in [6.45, 7) is 8.22. The van der Waals surface area contributed by atoms with E-state index in [1.54, 1.807) is 24.3 Å². The van der Waals surface area contributed by atoms with Crippen molar-refractivity contribution in [3.05, 3.63) is 59.9 Å². The Bertz CT molecular complexity index is 1260. The molecule has 0 radical (unpaired) electrons. The van der Waals surface area contributed by atoms with Crippen molar-refractivity contribution in [1.29, 1.82) is 0 Å². The van der Waals surface area contributed by atoms with Crippen LogP contribution in [-0.2, 0) is 4.74 Å². The van der Waals surface area contributed by atoms with Gasteiger partial charge in [0.25, 0.3) is 5.91 Å². The minimum atomic E-state index is -0.386. The number of likely N-dealkylation sites (N-methyl/N-ethyl adjacent to an activating group) is 1. The molecule has 39 heavy (non-hydrogen) atoms. The van der Waals surface area contributed by atoms with Crippen LogP contribution in [0, 0.1) is 0 Å². The molecule has 1 aliphatic heterocycles. The maximum atomic E-state index is 12.5. The van der Waals surface area contributed by atoms with Gasteiger partial charge >= 0.3 is 6.03 Å². The molecule has 4 rings (SSSR count). The first-order chi connectivity index (χ1) is 18.8. The van der Waals surface area contributed by atoms with Gasteiger partial charge in [-0.2, -0.15) is 9.97 Å². The second-order valence-corrected chi connectivity index (χ2v) is 9.86. The molecule has 0 spiro atoms. The van der Waals surface area contributed by atoms with E-state index < -0.39 is 0 Å². The zero-order valence-corrected chi connectivity index (χ0v) is 22.9. The van der Waals surface area contributed by atoms with Crippen molar-refractivity contribution < 1.29 is 14.3 Å². The van der Waals surface area contributed by atoms with E-state index >= 15 is 0 Å². The summed E-state index contributed by atoms with van der Waals surface area (Å²) in [5, 5.41) is 8.48. The van der Waals surface area contributed by atoms with Crippen LogP contribution in [0.4, 0.5) is 22.1 Å². The quantitative estimate of drug-likeness (QED) is 0.383. The summed E-state index contributed by atoms with van der Waals surface area (Å²) in [6.07, 6.45) is 0. The lowest BCUT2D eigenvalue weighted by Crippen LogP contribution is -2.37. The molecule has 3 aromatic rings. The zero-order valence-electron chi connectivity index (χ0n) is 22.9. The van der Waals surface area contributed by atoms with Gasteiger partial charge in [-0.15, -0.1) is 0 Å². The third-order valence-electron chi connectivity index (χ3n) is 6.10. The Kier molecular flexibility index (Phi) is 9.40. The number of ether oxygens (including phenoxy) is 1. The highest BCUT2D eigenvalue weighted by atomic mass is 16.5. The largest absolute Gasteiger partial charge is 0.378 e. The van der Waals surface area contributed by atoms with Gasteiger partial charge in [-0.05, 0) is 62.6 Å². The van der Waals surface area contributed by atoms with Gasteiger partial charge < -0.3 is 30.5 Å². The number of hydrogen-bond acceptors (Lipinski definition) is 8. The normalized spacial score (nSPS) is 13.4. The fourth-order valence-corrected chi connectivity index (χ4v) is 3.87. The van der Waals surface area contributed by atoms with E-state index in [4.69, 9.17) is 9.72 Å². The molecular weight excluding hydrogens is 496 g/mol. The number of nitrogens with one attached hydrogen (secondary N) is 3. The average Bonchev–Trinajstić information content (AvgIpc) is 2.93. The van der Waals surface area contributed by atoms with E-state index in [1.165, 1.54) is 0 Å². The number of urea groups is 1. The Hall–Kier alpha value is -4.09. The van der Waals surface area contributed by atoms with Gasteiger partial charge in [-0.1, -0.05) is 13.8 Å². The van der Waals surface area contributed by atoms with E-state index in [0.717, 1.165) is 31.0 Å². The molecule has 3 amide bonds. The third kappa shape index (κ3) is 7.95. The summed E-state index contributed by atoms with van der Waals surface area (Å²) in [5.74, 6) is 1.99. The van der Waals surface area contributed by atoms with Gasteiger partial charge in [0.2, 0.25) is 5.95 Å². The van der Waals surface area contributed by atoms with Crippen LogP contribution in [0.15, 0.2) is 48.5 Å². The third-order valence-corrected chi connectivity index (χ3v) is 6.10. The predicted octanol–water partition coefficient (Wildman–Crippen LogP) is 3.43. The second-order valence-electron chi connectivity index (χ2n) is 9.86. The smallest absolute Gasteiger partial charge is 0.323 e. The Labute approximate surface area is 229 Å². The van der Waals surface area contributed by atoms with E-state index in [-0.39, 0.29) is 17.9 Å². The number of carbonyl (C=O) groups is 2. The summed E-state index contributed by atoms with van der Waals surface area (Å²) in [5.41, 5.74) is 2.57. The number of benzene rings is 2. The van der Waals surface area contributed by atoms with Gasteiger partial charge in [-0.3, -0.25) is 4.79 Å². The Morgan fingerprint density at radius 1 is 0.923 bits per heavy atom.